The lowest BCUT2D eigenvalue weighted by molar-refractivity contribution is 0.117. The molecular weight excluding hydrogens is 536 g/mol. The van der Waals surface area contributed by atoms with Gasteiger partial charge in [0.25, 0.3) is 0 Å². The predicted molar refractivity (Wildman–Crippen MR) is 195 cm³/mol. The van der Waals surface area contributed by atoms with Gasteiger partial charge in [-0.1, -0.05) is 166 Å². The van der Waals surface area contributed by atoms with Crippen molar-refractivity contribution in [3.63, 3.8) is 0 Å². The zero-order valence-electron chi connectivity index (χ0n) is 29.7. The topological polar surface area (TPSA) is 40.5 Å². The Morgan fingerprint density at radius 2 is 1.27 bits per heavy atom. The van der Waals surface area contributed by atoms with Gasteiger partial charge in [-0.25, -0.2) is 0 Å². The average molecular weight is 599 g/mol. The van der Waals surface area contributed by atoms with Crippen LogP contribution in [0.25, 0.3) is 0 Å². The second-order valence-electron chi connectivity index (χ2n) is 13.5. The molecule has 0 heterocycles. The average Bonchev–Trinajstić information content (AvgIpc) is 2.90. The van der Waals surface area contributed by atoms with Gasteiger partial charge in [-0.3, -0.25) is 0 Å². The highest BCUT2D eigenvalue weighted by atomic mass is 16.3. The first-order valence-electron chi connectivity index (χ1n) is 16.5. The normalized spacial score (nSPS) is 26.0. The lowest BCUT2D eigenvalue weighted by atomic mass is 9.67. The van der Waals surface area contributed by atoms with Crippen LogP contribution in [0.4, 0.5) is 0 Å². The van der Waals surface area contributed by atoms with Gasteiger partial charge in [-0.05, 0) is 77.7 Å². The fourth-order valence-electron chi connectivity index (χ4n) is 5.79. The summed E-state index contributed by atoms with van der Waals surface area (Å²) in [5.74, 6) is 0.756. The molecule has 0 spiro atoms. The Bertz CT molecular complexity index is 1250. The van der Waals surface area contributed by atoms with Crippen molar-refractivity contribution in [2.75, 3.05) is 0 Å². The fraction of sp³-hybridized carbons (Fsp3) is 0.476. The smallest absolute Gasteiger partial charge is 0.0729 e. The van der Waals surface area contributed by atoms with Gasteiger partial charge in [0.15, 0.2) is 0 Å². The minimum absolute atomic E-state index is 0.0588. The largest absolute Gasteiger partial charge is 0.393 e. The monoisotopic (exact) mass is 598 g/mol. The maximum absolute atomic E-state index is 10.1. The minimum atomic E-state index is -0.330. The highest BCUT2D eigenvalue weighted by Gasteiger charge is 2.34. The van der Waals surface area contributed by atoms with E-state index in [0.717, 1.165) is 19.3 Å². The van der Waals surface area contributed by atoms with Crippen molar-refractivity contribution in [3.05, 3.63) is 130 Å². The first kappa shape index (κ1) is 39.1. The molecule has 0 saturated heterocycles. The van der Waals surface area contributed by atoms with Gasteiger partial charge in [-0.2, -0.15) is 0 Å². The van der Waals surface area contributed by atoms with Crippen molar-refractivity contribution >= 4 is 0 Å². The molecule has 2 aliphatic rings. The molecule has 2 N–H and O–H groups in total. The third kappa shape index (κ3) is 15.2. The van der Waals surface area contributed by atoms with Crippen molar-refractivity contribution in [2.45, 2.75) is 114 Å². The summed E-state index contributed by atoms with van der Waals surface area (Å²) in [6.45, 7) is 23.6. The first-order chi connectivity index (χ1) is 20.7. The van der Waals surface area contributed by atoms with E-state index >= 15 is 0 Å². The number of allylic oxidation sites excluding steroid dienone is 20. The van der Waals surface area contributed by atoms with Crippen molar-refractivity contribution in [3.8, 4) is 0 Å². The summed E-state index contributed by atoms with van der Waals surface area (Å²) >= 11 is 0. The Hall–Kier alpha value is -2.94. The van der Waals surface area contributed by atoms with E-state index in [0.29, 0.717) is 11.8 Å². The Labute approximate surface area is 271 Å². The number of aliphatic hydroxyl groups excluding tert-OH is 2. The second kappa shape index (κ2) is 20.2. The first-order valence-corrected chi connectivity index (χ1v) is 16.5. The Morgan fingerprint density at radius 1 is 0.795 bits per heavy atom. The molecule has 2 rings (SSSR count). The van der Waals surface area contributed by atoms with Crippen LogP contribution in [0.1, 0.15) is 102 Å². The predicted octanol–water partition coefficient (Wildman–Crippen LogP) is 11.4. The molecule has 0 aliphatic heterocycles. The fourth-order valence-corrected chi connectivity index (χ4v) is 5.79. The summed E-state index contributed by atoms with van der Waals surface area (Å²) in [5, 5.41) is 20.0. The molecular formula is C42H62O2. The van der Waals surface area contributed by atoms with Gasteiger partial charge in [-0.15, -0.1) is 0 Å². The van der Waals surface area contributed by atoms with Crippen molar-refractivity contribution in [1.29, 1.82) is 0 Å². The van der Waals surface area contributed by atoms with E-state index < -0.39 is 0 Å². The van der Waals surface area contributed by atoms with Gasteiger partial charge < -0.3 is 10.2 Å². The zero-order valence-corrected chi connectivity index (χ0v) is 29.7. The zero-order chi connectivity index (χ0) is 33.3. The van der Waals surface area contributed by atoms with Crippen LogP contribution >= 0.6 is 0 Å². The summed E-state index contributed by atoms with van der Waals surface area (Å²) in [6.07, 6.45) is 35.1. The van der Waals surface area contributed by atoms with E-state index in [9.17, 15) is 10.2 Å². The van der Waals surface area contributed by atoms with Crippen molar-refractivity contribution in [1.82, 2.24) is 0 Å². The van der Waals surface area contributed by atoms with Gasteiger partial charge in [0.1, 0.15) is 0 Å². The van der Waals surface area contributed by atoms with Crippen LogP contribution in [0.5, 0.6) is 0 Å². The van der Waals surface area contributed by atoms with Gasteiger partial charge >= 0.3 is 0 Å². The lowest BCUT2D eigenvalue weighted by Crippen LogP contribution is -2.32. The molecule has 0 bridgehead atoms. The highest BCUT2D eigenvalue weighted by Crippen LogP contribution is 2.41. The molecule has 0 amide bonds. The minimum Gasteiger partial charge on any atom is -0.393 e. The molecule has 242 valence electrons. The Morgan fingerprint density at radius 3 is 1.77 bits per heavy atom. The second-order valence-corrected chi connectivity index (χ2v) is 13.5. The lowest BCUT2D eigenvalue weighted by Gasteiger charge is -2.38. The van der Waals surface area contributed by atoms with Crippen LogP contribution in [0.15, 0.2) is 130 Å². The standard InChI is InChI=1S/C39H54O2.C3H8/c1-28(16-12-18-30(3)20-22-37-32(5)24-35(40)25-33(37)6)14-10-11-15-29(2)17-13-19-31(4)21-23-38-34(7)26-36(41)27-39(38,8)9;1-3-2/h10-23,26,32,35-36,38,40-41H,24-25,27H2,1-9H3;3H2,1-2H3/b11-10+,16-12+,17-13+,22-20+,23-21+,28-14+,29-15+,30-18+,31-19+;. The van der Waals surface area contributed by atoms with Crippen LogP contribution in [-0.4, -0.2) is 22.4 Å². The summed E-state index contributed by atoms with van der Waals surface area (Å²) in [5.41, 5.74) is 8.77. The number of aliphatic hydroxyl groups is 2. The van der Waals surface area contributed by atoms with E-state index in [1.54, 1.807) is 0 Å². The Kier molecular flexibility index (Phi) is 17.9. The summed E-state index contributed by atoms with van der Waals surface area (Å²) < 4.78 is 0. The molecule has 44 heavy (non-hydrogen) atoms. The van der Waals surface area contributed by atoms with Gasteiger partial charge in [0, 0.05) is 5.92 Å². The van der Waals surface area contributed by atoms with Crippen molar-refractivity contribution < 1.29 is 10.2 Å². The van der Waals surface area contributed by atoms with E-state index in [2.05, 4.69) is 161 Å². The van der Waals surface area contributed by atoms with Gasteiger partial charge in [0.05, 0.1) is 12.2 Å². The summed E-state index contributed by atoms with van der Waals surface area (Å²) in [4.78, 5) is 0. The molecule has 0 aromatic carbocycles. The highest BCUT2D eigenvalue weighted by molar-refractivity contribution is 5.36. The number of rotatable bonds is 10. The molecule has 0 aromatic heterocycles. The van der Waals surface area contributed by atoms with E-state index in [1.165, 1.54) is 45.4 Å². The summed E-state index contributed by atoms with van der Waals surface area (Å²) in [6, 6.07) is 0. The van der Waals surface area contributed by atoms with Crippen LogP contribution in [0.2, 0.25) is 0 Å². The van der Waals surface area contributed by atoms with Crippen LogP contribution < -0.4 is 0 Å². The van der Waals surface area contributed by atoms with E-state index in [4.69, 9.17) is 0 Å². The van der Waals surface area contributed by atoms with Gasteiger partial charge in [0.2, 0.25) is 0 Å². The van der Waals surface area contributed by atoms with Crippen LogP contribution in [0, 0.1) is 17.3 Å². The molecule has 0 aromatic rings. The molecule has 0 fully saturated rings. The van der Waals surface area contributed by atoms with E-state index in [1.807, 2.05) is 6.08 Å². The third-order valence-corrected chi connectivity index (χ3v) is 8.06. The number of hydrogen-bond acceptors (Lipinski definition) is 2. The van der Waals surface area contributed by atoms with E-state index in [-0.39, 0.29) is 17.6 Å². The molecule has 4 atom stereocenters. The molecule has 2 heteroatoms. The van der Waals surface area contributed by atoms with Crippen LogP contribution in [0.3, 0.4) is 0 Å². The van der Waals surface area contributed by atoms with Crippen LogP contribution in [-0.2, 0) is 0 Å². The molecule has 0 saturated carbocycles. The molecule has 2 nitrogen and oxygen atoms in total. The van der Waals surface area contributed by atoms with Crippen molar-refractivity contribution in [2.24, 2.45) is 17.3 Å². The summed E-state index contributed by atoms with van der Waals surface area (Å²) in [7, 11) is 0. The molecule has 4 unspecified atom stereocenters. The molecule has 2 aliphatic carbocycles. The number of hydrogen-bond donors (Lipinski definition) is 2. The maximum Gasteiger partial charge on any atom is 0.0729 e. The maximum atomic E-state index is 10.1. The quantitative estimate of drug-likeness (QED) is 0.194. The SMILES string of the molecule is CC1=CC(O)CC(C)(C)C1/C=C/C(C)=C/C=C/C(C)=C/C=C/C=C(C)/C=C/C=C(C)/C=C/C1=C(C)CC(O)CC1C.CCC. The molecule has 0 radical (unpaired) electrons. The Balaban J connectivity index is 0.00000309. The third-order valence-electron chi connectivity index (χ3n) is 8.06.